The van der Waals surface area contributed by atoms with Crippen molar-refractivity contribution in [2.75, 3.05) is 20.0 Å². The van der Waals surface area contributed by atoms with Gasteiger partial charge in [0.25, 0.3) is 0 Å². The summed E-state index contributed by atoms with van der Waals surface area (Å²) in [6, 6.07) is 5.74. The lowest BCUT2D eigenvalue weighted by Crippen LogP contribution is -1.95. The molecule has 0 bridgehead atoms. The second kappa shape index (κ2) is 5.57. The van der Waals surface area contributed by atoms with Crippen LogP contribution < -0.4 is 15.2 Å². The van der Waals surface area contributed by atoms with E-state index in [1.165, 1.54) is 0 Å². The second-order valence-electron chi connectivity index (χ2n) is 4.52. The minimum atomic E-state index is 0.544. The molecular weight excluding hydrogens is 286 g/mol. The van der Waals surface area contributed by atoms with E-state index in [0.717, 1.165) is 33.0 Å². The zero-order valence-corrected chi connectivity index (χ0v) is 12.6. The normalized spacial score (nSPS) is 10.8. The minimum Gasteiger partial charge on any atom is -0.495 e. The summed E-state index contributed by atoms with van der Waals surface area (Å²) in [5.74, 6) is 1.31. The van der Waals surface area contributed by atoms with E-state index in [1.54, 1.807) is 37.8 Å². The number of methoxy groups -OCH3 is 2. The van der Waals surface area contributed by atoms with Gasteiger partial charge in [0.1, 0.15) is 22.7 Å². The molecule has 1 aromatic carbocycles. The van der Waals surface area contributed by atoms with Crippen LogP contribution in [0.2, 0.25) is 0 Å². The van der Waals surface area contributed by atoms with Gasteiger partial charge in [-0.15, -0.1) is 11.3 Å². The molecule has 5 nitrogen and oxygen atoms in total. The molecule has 0 saturated heterocycles. The second-order valence-corrected chi connectivity index (χ2v) is 5.60. The van der Waals surface area contributed by atoms with Crippen LogP contribution in [-0.4, -0.2) is 24.2 Å². The number of hydrogen-bond acceptors (Lipinski definition) is 6. The van der Waals surface area contributed by atoms with E-state index >= 15 is 0 Å². The number of nitrogen functional groups attached to an aromatic ring is 1. The Balaban J connectivity index is 2.09. The SMILES string of the molecule is COc1cc(OC)c2sc(Cc3cccnc3)nc2c1N. The summed E-state index contributed by atoms with van der Waals surface area (Å²) in [7, 11) is 3.21. The molecule has 3 rings (SSSR count). The van der Waals surface area contributed by atoms with Gasteiger partial charge in [0, 0.05) is 24.9 Å². The van der Waals surface area contributed by atoms with Crippen molar-refractivity contribution in [3.63, 3.8) is 0 Å². The Bertz CT molecular complexity index is 771. The van der Waals surface area contributed by atoms with E-state index in [4.69, 9.17) is 15.2 Å². The Morgan fingerprint density at radius 1 is 1.24 bits per heavy atom. The summed E-state index contributed by atoms with van der Waals surface area (Å²) in [4.78, 5) is 8.75. The van der Waals surface area contributed by atoms with Crippen LogP contribution in [0, 0.1) is 0 Å². The predicted octanol–water partition coefficient (Wildman–Crippen LogP) is 2.88. The molecule has 6 heteroatoms. The average molecular weight is 301 g/mol. The molecule has 2 heterocycles. The molecule has 0 aliphatic rings. The lowest BCUT2D eigenvalue weighted by Gasteiger charge is -2.07. The number of anilines is 1. The Hall–Kier alpha value is -2.34. The molecule has 0 saturated carbocycles. The van der Waals surface area contributed by atoms with Crippen molar-refractivity contribution in [1.29, 1.82) is 0 Å². The van der Waals surface area contributed by atoms with Gasteiger partial charge in [-0.25, -0.2) is 4.98 Å². The van der Waals surface area contributed by atoms with Crippen molar-refractivity contribution in [2.45, 2.75) is 6.42 Å². The van der Waals surface area contributed by atoms with Crippen molar-refractivity contribution in [1.82, 2.24) is 9.97 Å². The van der Waals surface area contributed by atoms with E-state index in [0.29, 0.717) is 11.4 Å². The van der Waals surface area contributed by atoms with E-state index in [-0.39, 0.29) is 0 Å². The Morgan fingerprint density at radius 3 is 2.71 bits per heavy atom. The third kappa shape index (κ3) is 2.50. The van der Waals surface area contributed by atoms with Crippen molar-refractivity contribution in [2.24, 2.45) is 0 Å². The first-order valence-corrected chi connectivity index (χ1v) is 7.23. The van der Waals surface area contributed by atoms with E-state index in [9.17, 15) is 0 Å². The fourth-order valence-electron chi connectivity index (χ4n) is 2.17. The van der Waals surface area contributed by atoms with Gasteiger partial charge in [0.2, 0.25) is 0 Å². The number of thiazole rings is 1. The highest BCUT2D eigenvalue weighted by Gasteiger charge is 2.16. The topological polar surface area (TPSA) is 70.3 Å². The number of hydrogen-bond donors (Lipinski definition) is 1. The maximum atomic E-state index is 6.11. The highest BCUT2D eigenvalue weighted by atomic mass is 32.1. The number of fused-ring (bicyclic) bond motifs is 1. The molecule has 0 amide bonds. The van der Waals surface area contributed by atoms with Gasteiger partial charge in [-0.2, -0.15) is 0 Å². The molecule has 0 fully saturated rings. The largest absolute Gasteiger partial charge is 0.495 e. The Morgan fingerprint density at radius 2 is 2.05 bits per heavy atom. The van der Waals surface area contributed by atoms with Crippen molar-refractivity contribution in [3.8, 4) is 11.5 Å². The molecule has 108 valence electrons. The fourth-order valence-corrected chi connectivity index (χ4v) is 3.27. The van der Waals surface area contributed by atoms with Crippen LogP contribution in [0.25, 0.3) is 10.2 Å². The highest BCUT2D eigenvalue weighted by molar-refractivity contribution is 7.19. The van der Waals surface area contributed by atoms with Crippen LogP contribution in [-0.2, 0) is 6.42 Å². The summed E-state index contributed by atoms with van der Waals surface area (Å²) >= 11 is 1.58. The third-order valence-electron chi connectivity index (χ3n) is 3.20. The maximum absolute atomic E-state index is 6.11. The number of aromatic nitrogens is 2. The Kier molecular flexibility index (Phi) is 3.62. The van der Waals surface area contributed by atoms with Crippen molar-refractivity contribution < 1.29 is 9.47 Å². The van der Waals surface area contributed by atoms with Crippen molar-refractivity contribution >= 4 is 27.2 Å². The summed E-state index contributed by atoms with van der Waals surface area (Å²) in [5, 5.41) is 0.969. The number of nitrogens with two attached hydrogens (primary N) is 1. The van der Waals surface area contributed by atoms with E-state index in [1.807, 2.05) is 18.3 Å². The predicted molar refractivity (Wildman–Crippen MR) is 84.2 cm³/mol. The average Bonchev–Trinajstić information content (AvgIpc) is 2.93. The number of nitrogens with zero attached hydrogens (tertiary/aromatic N) is 2. The number of rotatable bonds is 4. The lowest BCUT2D eigenvalue weighted by atomic mass is 10.2. The maximum Gasteiger partial charge on any atom is 0.147 e. The van der Waals surface area contributed by atoms with Gasteiger partial charge in [-0.05, 0) is 11.6 Å². The van der Waals surface area contributed by atoms with Crippen LogP contribution in [0.4, 0.5) is 5.69 Å². The molecule has 2 N–H and O–H groups in total. The number of ether oxygens (including phenoxy) is 2. The van der Waals surface area contributed by atoms with Crippen LogP contribution in [0.15, 0.2) is 30.6 Å². The van der Waals surface area contributed by atoms with Gasteiger partial charge in [0.15, 0.2) is 0 Å². The zero-order valence-electron chi connectivity index (χ0n) is 11.8. The van der Waals surface area contributed by atoms with Gasteiger partial charge < -0.3 is 15.2 Å². The fraction of sp³-hybridized carbons (Fsp3) is 0.200. The highest BCUT2D eigenvalue weighted by Crippen LogP contribution is 2.40. The number of benzene rings is 1. The summed E-state index contributed by atoms with van der Waals surface area (Å²) in [5.41, 5.74) is 8.50. The zero-order chi connectivity index (χ0) is 14.8. The lowest BCUT2D eigenvalue weighted by molar-refractivity contribution is 0.399. The summed E-state index contributed by atoms with van der Waals surface area (Å²) in [6.07, 6.45) is 4.32. The smallest absolute Gasteiger partial charge is 0.147 e. The van der Waals surface area contributed by atoms with Gasteiger partial charge >= 0.3 is 0 Å². The molecule has 2 aromatic heterocycles. The molecule has 0 atom stereocenters. The molecule has 0 aliphatic carbocycles. The molecule has 0 unspecified atom stereocenters. The summed E-state index contributed by atoms with van der Waals surface area (Å²) in [6.45, 7) is 0. The first kappa shape index (κ1) is 13.6. The molecule has 0 aliphatic heterocycles. The summed E-state index contributed by atoms with van der Waals surface area (Å²) < 4.78 is 11.6. The Labute approximate surface area is 126 Å². The standard InChI is InChI=1S/C15H15N3O2S/c1-19-10-7-11(20-2)15-14(13(10)16)18-12(21-15)6-9-4-3-5-17-8-9/h3-5,7-8H,6,16H2,1-2H3. The quantitative estimate of drug-likeness (QED) is 0.750. The monoisotopic (exact) mass is 301 g/mol. The number of pyridine rings is 1. The van der Waals surface area contributed by atoms with Crippen molar-refractivity contribution in [3.05, 3.63) is 41.2 Å². The van der Waals surface area contributed by atoms with E-state index < -0.39 is 0 Å². The first-order chi connectivity index (χ1) is 10.2. The first-order valence-electron chi connectivity index (χ1n) is 6.41. The molecule has 21 heavy (non-hydrogen) atoms. The van der Waals surface area contributed by atoms with Crippen LogP contribution in [0.1, 0.15) is 10.6 Å². The molecule has 3 aromatic rings. The van der Waals surface area contributed by atoms with Crippen LogP contribution >= 0.6 is 11.3 Å². The molecular formula is C15H15N3O2S. The third-order valence-corrected chi connectivity index (χ3v) is 4.27. The van der Waals surface area contributed by atoms with Crippen LogP contribution in [0.3, 0.4) is 0 Å². The molecule has 0 radical (unpaired) electrons. The van der Waals surface area contributed by atoms with Gasteiger partial charge in [0.05, 0.1) is 23.9 Å². The minimum absolute atomic E-state index is 0.544. The molecule has 0 spiro atoms. The van der Waals surface area contributed by atoms with Crippen LogP contribution in [0.5, 0.6) is 11.5 Å². The van der Waals surface area contributed by atoms with E-state index in [2.05, 4.69) is 9.97 Å². The van der Waals surface area contributed by atoms with Gasteiger partial charge in [-0.1, -0.05) is 6.07 Å². The van der Waals surface area contributed by atoms with Gasteiger partial charge in [-0.3, -0.25) is 4.98 Å².